The van der Waals surface area contributed by atoms with E-state index in [9.17, 15) is 0 Å². The minimum absolute atomic E-state index is 0.280. The van der Waals surface area contributed by atoms with E-state index in [1.807, 2.05) is 30.5 Å². The van der Waals surface area contributed by atoms with E-state index in [1.165, 1.54) is 0 Å². The van der Waals surface area contributed by atoms with Gasteiger partial charge < -0.3 is 10.0 Å². The number of aromatic nitrogens is 2. The van der Waals surface area contributed by atoms with Crippen LogP contribution in [0.2, 0.25) is 0 Å². The molecule has 3 rings (SSSR count). The monoisotopic (exact) mass is 243 g/mol. The Morgan fingerprint density at radius 1 is 1.28 bits per heavy atom. The summed E-state index contributed by atoms with van der Waals surface area (Å²) < 4.78 is 0. The molecule has 4 nitrogen and oxygen atoms in total. The molecule has 1 aromatic heterocycles. The molecule has 94 valence electrons. The summed E-state index contributed by atoms with van der Waals surface area (Å²) in [5.41, 5.74) is 1.88. The second kappa shape index (κ2) is 4.90. The Kier molecular flexibility index (Phi) is 3.11. The van der Waals surface area contributed by atoms with Gasteiger partial charge in [-0.25, -0.2) is 4.98 Å². The van der Waals surface area contributed by atoms with Crippen LogP contribution in [0.5, 0.6) is 0 Å². The van der Waals surface area contributed by atoms with Crippen LogP contribution in [0.15, 0.2) is 30.5 Å². The van der Waals surface area contributed by atoms with E-state index >= 15 is 0 Å². The average molecular weight is 243 g/mol. The van der Waals surface area contributed by atoms with E-state index in [2.05, 4.69) is 14.9 Å². The second-order valence-electron chi connectivity index (χ2n) is 4.83. The maximum absolute atomic E-state index is 8.98. The van der Waals surface area contributed by atoms with Gasteiger partial charge in [0.1, 0.15) is 5.82 Å². The molecule has 0 aliphatic carbocycles. The van der Waals surface area contributed by atoms with Crippen LogP contribution in [0.25, 0.3) is 11.0 Å². The van der Waals surface area contributed by atoms with Crippen LogP contribution < -0.4 is 4.90 Å². The molecule has 1 aliphatic rings. The lowest BCUT2D eigenvalue weighted by atomic mass is 10.1. The van der Waals surface area contributed by atoms with Crippen molar-refractivity contribution in [3.05, 3.63) is 30.5 Å². The quantitative estimate of drug-likeness (QED) is 0.893. The summed E-state index contributed by atoms with van der Waals surface area (Å²) in [5, 5.41) is 8.98. The number of aliphatic hydroxyl groups is 1. The van der Waals surface area contributed by atoms with Gasteiger partial charge in [0.05, 0.1) is 17.2 Å². The van der Waals surface area contributed by atoms with Gasteiger partial charge in [-0.2, -0.15) is 0 Å². The van der Waals surface area contributed by atoms with E-state index in [-0.39, 0.29) is 6.61 Å². The van der Waals surface area contributed by atoms with Crippen LogP contribution in [-0.4, -0.2) is 34.8 Å². The van der Waals surface area contributed by atoms with Gasteiger partial charge in [-0.05, 0) is 30.9 Å². The molecule has 0 spiro atoms. The van der Waals surface area contributed by atoms with Gasteiger partial charge in [0.25, 0.3) is 0 Å². The Morgan fingerprint density at radius 2 is 2.11 bits per heavy atom. The summed E-state index contributed by atoms with van der Waals surface area (Å²) in [6.45, 7) is 2.27. The van der Waals surface area contributed by atoms with Gasteiger partial charge in [-0.1, -0.05) is 12.1 Å². The third-order valence-corrected chi connectivity index (χ3v) is 3.58. The predicted molar refractivity (Wildman–Crippen MR) is 71.6 cm³/mol. The fourth-order valence-electron chi connectivity index (χ4n) is 2.56. The number of hydrogen-bond acceptors (Lipinski definition) is 4. The lowest BCUT2D eigenvalue weighted by Gasteiger charge is -2.17. The fraction of sp³-hybridized carbons (Fsp3) is 0.429. The molecular formula is C14H17N3O. The molecule has 2 heterocycles. The average Bonchev–Trinajstić information content (AvgIpc) is 2.87. The number of aliphatic hydroxyl groups excluding tert-OH is 1. The zero-order valence-corrected chi connectivity index (χ0v) is 10.3. The number of nitrogens with zero attached hydrogens (tertiary/aromatic N) is 3. The fourth-order valence-corrected chi connectivity index (χ4v) is 2.56. The van der Waals surface area contributed by atoms with Crippen LogP contribution in [0, 0.1) is 5.92 Å². The van der Waals surface area contributed by atoms with Gasteiger partial charge in [-0.3, -0.25) is 4.98 Å². The molecule has 1 aromatic carbocycles. The third kappa shape index (κ3) is 2.16. The number of hydrogen-bond donors (Lipinski definition) is 1. The van der Waals surface area contributed by atoms with Crippen molar-refractivity contribution in [3.63, 3.8) is 0 Å². The smallest absolute Gasteiger partial charge is 0.147 e. The van der Waals surface area contributed by atoms with E-state index in [0.29, 0.717) is 5.92 Å². The highest BCUT2D eigenvalue weighted by atomic mass is 16.3. The van der Waals surface area contributed by atoms with Crippen molar-refractivity contribution in [2.45, 2.75) is 12.8 Å². The number of anilines is 1. The van der Waals surface area contributed by atoms with Crippen molar-refractivity contribution in [2.24, 2.45) is 5.92 Å². The molecule has 1 saturated heterocycles. The Labute approximate surface area is 106 Å². The van der Waals surface area contributed by atoms with E-state index in [1.54, 1.807) is 0 Å². The van der Waals surface area contributed by atoms with E-state index in [0.717, 1.165) is 42.8 Å². The van der Waals surface area contributed by atoms with E-state index in [4.69, 9.17) is 5.11 Å². The molecule has 0 bridgehead atoms. The summed E-state index contributed by atoms with van der Waals surface area (Å²) in [7, 11) is 0. The zero-order chi connectivity index (χ0) is 12.4. The Balaban J connectivity index is 1.82. The van der Waals surface area contributed by atoms with Gasteiger partial charge in [0.2, 0.25) is 0 Å². The molecule has 0 amide bonds. The Bertz CT molecular complexity index is 543. The highest BCUT2D eigenvalue weighted by Gasteiger charge is 2.23. The molecule has 0 saturated carbocycles. The number of benzene rings is 1. The van der Waals surface area contributed by atoms with Crippen molar-refractivity contribution in [1.29, 1.82) is 0 Å². The minimum atomic E-state index is 0.280. The molecule has 1 N–H and O–H groups in total. The number of para-hydroxylation sites is 2. The molecular weight excluding hydrogens is 226 g/mol. The SMILES string of the molecule is OCCC1CCN(c2cnc3ccccc3n2)C1. The second-order valence-corrected chi connectivity index (χ2v) is 4.83. The summed E-state index contributed by atoms with van der Waals surface area (Å²) in [6, 6.07) is 7.93. The first kappa shape index (κ1) is 11.4. The van der Waals surface area contributed by atoms with Gasteiger partial charge in [-0.15, -0.1) is 0 Å². The maximum atomic E-state index is 8.98. The molecule has 1 unspecified atom stereocenters. The largest absolute Gasteiger partial charge is 0.396 e. The predicted octanol–water partition coefficient (Wildman–Crippen LogP) is 1.84. The molecule has 1 aliphatic heterocycles. The number of rotatable bonds is 3. The van der Waals surface area contributed by atoms with Gasteiger partial charge >= 0.3 is 0 Å². The summed E-state index contributed by atoms with van der Waals surface area (Å²) >= 11 is 0. The minimum Gasteiger partial charge on any atom is -0.396 e. The van der Waals surface area contributed by atoms with Crippen molar-refractivity contribution >= 4 is 16.9 Å². The van der Waals surface area contributed by atoms with E-state index < -0.39 is 0 Å². The lowest BCUT2D eigenvalue weighted by Crippen LogP contribution is -2.21. The molecule has 0 radical (unpaired) electrons. The summed E-state index contributed by atoms with van der Waals surface area (Å²) in [5.74, 6) is 1.54. The van der Waals surface area contributed by atoms with Crippen molar-refractivity contribution in [1.82, 2.24) is 9.97 Å². The normalized spacial score (nSPS) is 19.6. The van der Waals surface area contributed by atoms with Crippen LogP contribution in [0.4, 0.5) is 5.82 Å². The molecule has 4 heteroatoms. The summed E-state index contributed by atoms with van der Waals surface area (Å²) in [6.07, 6.45) is 3.87. The van der Waals surface area contributed by atoms with Crippen LogP contribution >= 0.6 is 0 Å². The van der Waals surface area contributed by atoms with Crippen LogP contribution in [-0.2, 0) is 0 Å². The molecule has 18 heavy (non-hydrogen) atoms. The lowest BCUT2D eigenvalue weighted by molar-refractivity contribution is 0.263. The molecule has 2 aromatic rings. The maximum Gasteiger partial charge on any atom is 0.147 e. The summed E-state index contributed by atoms with van der Waals surface area (Å²) in [4.78, 5) is 11.4. The first-order valence-corrected chi connectivity index (χ1v) is 6.44. The number of fused-ring (bicyclic) bond motifs is 1. The first-order valence-electron chi connectivity index (χ1n) is 6.44. The Hall–Kier alpha value is -1.68. The van der Waals surface area contributed by atoms with Crippen molar-refractivity contribution in [2.75, 3.05) is 24.6 Å². The molecule has 1 atom stereocenters. The van der Waals surface area contributed by atoms with Crippen molar-refractivity contribution in [3.8, 4) is 0 Å². The van der Waals surface area contributed by atoms with Crippen molar-refractivity contribution < 1.29 is 5.11 Å². The topological polar surface area (TPSA) is 49.2 Å². The standard InChI is InChI=1S/C14H17N3O/c18-8-6-11-5-7-17(10-11)14-9-15-12-3-1-2-4-13(12)16-14/h1-4,9,11,18H,5-8,10H2. The third-order valence-electron chi connectivity index (χ3n) is 3.58. The van der Waals surface area contributed by atoms with Crippen LogP contribution in [0.3, 0.4) is 0 Å². The molecule has 1 fully saturated rings. The first-order chi connectivity index (χ1) is 8.86. The zero-order valence-electron chi connectivity index (χ0n) is 10.3. The van der Waals surface area contributed by atoms with Gasteiger partial charge in [0, 0.05) is 19.7 Å². The van der Waals surface area contributed by atoms with Crippen LogP contribution in [0.1, 0.15) is 12.8 Å². The highest BCUT2D eigenvalue weighted by molar-refractivity contribution is 5.75. The Morgan fingerprint density at radius 3 is 2.94 bits per heavy atom. The highest BCUT2D eigenvalue weighted by Crippen LogP contribution is 2.24. The van der Waals surface area contributed by atoms with Gasteiger partial charge in [0.15, 0.2) is 0 Å².